The van der Waals surface area contributed by atoms with Crippen LogP contribution in [0, 0.1) is 0 Å². The van der Waals surface area contributed by atoms with Gasteiger partial charge in [-0.2, -0.15) is 18.3 Å². The first-order valence-electron chi connectivity index (χ1n) is 8.56. The average Bonchev–Trinajstić information content (AvgIpc) is 3.34. The zero-order valence-corrected chi connectivity index (χ0v) is 14.5. The van der Waals surface area contributed by atoms with Gasteiger partial charge in [-0.05, 0) is 24.3 Å². The fourth-order valence-electron chi connectivity index (χ4n) is 3.12. The van der Waals surface area contributed by atoms with E-state index in [1.54, 1.807) is 36.5 Å². The molecule has 146 valence electrons. The number of furan rings is 1. The minimum atomic E-state index is -4.52. The molecule has 3 aromatic heterocycles. The Morgan fingerprint density at radius 3 is 2.86 bits per heavy atom. The second-order valence-electron chi connectivity index (χ2n) is 6.37. The number of carbonyl (C=O) groups is 1. The number of amides is 1. The van der Waals surface area contributed by atoms with Crippen molar-refractivity contribution in [3.8, 4) is 0 Å². The van der Waals surface area contributed by atoms with Crippen LogP contribution in [0.3, 0.4) is 0 Å². The van der Waals surface area contributed by atoms with Gasteiger partial charge in [0.15, 0.2) is 11.7 Å². The van der Waals surface area contributed by atoms with Crippen molar-refractivity contribution >= 4 is 11.7 Å². The number of hydrogen-bond donors (Lipinski definition) is 2. The summed E-state index contributed by atoms with van der Waals surface area (Å²) in [5, 5.41) is 9.47. The molecule has 0 unspecified atom stereocenters. The number of fused-ring (bicyclic) bond motifs is 1. The van der Waals surface area contributed by atoms with Crippen LogP contribution in [0.2, 0.25) is 0 Å². The minimum Gasteiger partial charge on any atom is -0.467 e. The fraction of sp³-hybridized carbons (Fsp3) is 0.278. The summed E-state index contributed by atoms with van der Waals surface area (Å²) in [6.45, 7) is 0.146. The number of aromatic nitrogens is 3. The first kappa shape index (κ1) is 18.1. The number of halogens is 3. The molecule has 10 heteroatoms. The normalized spacial score (nSPS) is 19.0. The van der Waals surface area contributed by atoms with Crippen molar-refractivity contribution in [2.45, 2.75) is 31.2 Å². The summed E-state index contributed by atoms with van der Waals surface area (Å²) in [4.78, 5) is 16.4. The summed E-state index contributed by atoms with van der Waals surface area (Å²) in [6.07, 6.45) is -1.82. The van der Waals surface area contributed by atoms with Crippen LogP contribution < -0.4 is 10.6 Å². The third-order valence-corrected chi connectivity index (χ3v) is 4.47. The molecule has 1 amide bonds. The first-order chi connectivity index (χ1) is 13.4. The molecule has 2 N–H and O–H groups in total. The molecule has 0 spiro atoms. The summed E-state index contributed by atoms with van der Waals surface area (Å²) in [7, 11) is 0. The van der Waals surface area contributed by atoms with Gasteiger partial charge in [-0.15, -0.1) is 0 Å². The van der Waals surface area contributed by atoms with Crippen molar-refractivity contribution in [1.29, 1.82) is 0 Å². The predicted octanol–water partition coefficient (Wildman–Crippen LogP) is 3.46. The lowest BCUT2D eigenvalue weighted by Crippen LogP contribution is -2.35. The van der Waals surface area contributed by atoms with Crippen molar-refractivity contribution in [3.05, 3.63) is 66.0 Å². The lowest BCUT2D eigenvalue weighted by molar-refractivity contribution is -0.174. The van der Waals surface area contributed by atoms with Gasteiger partial charge in [0.2, 0.25) is 0 Å². The van der Waals surface area contributed by atoms with Crippen LogP contribution in [0.25, 0.3) is 0 Å². The van der Waals surface area contributed by atoms with Gasteiger partial charge in [0.25, 0.3) is 5.91 Å². The molecular weight excluding hydrogens is 375 g/mol. The highest BCUT2D eigenvalue weighted by atomic mass is 19.4. The van der Waals surface area contributed by atoms with Gasteiger partial charge in [-0.1, -0.05) is 6.07 Å². The van der Waals surface area contributed by atoms with Crippen molar-refractivity contribution in [2.75, 3.05) is 5.32 Å². The standard InChI is InChI=1S/C18H16F3N5O2/c19-18(20,21)15-8-12(14-5-3-7-28-14)24-16-9-13(25-26(15)16)17(27)23-10-11-4-1-2-6-22-11/h1-7,9,12,15,24H,8,10H2,(H,23,27)/t12-,15+/m1/s1. The summed E-state index contributed by atoms with van der Waals surface area (Å²) >= 11 is 0. The van der Waals surface area contributed by atoms with E-state index in [-0.39, 0.29) is 24.5 Å². The van der Waals surface area contributed by atoms with Crippen LogP contribution in [0.1, 0.15) is 40.4 Å². The van der Waals surface area contributed by atoms with Gasteiger partial charge in [0.05, 0.1) is 24.5 Å². The molecule has 2 atom stereocenters. The van der Waals surface area contributed by atoms with E-state index in [1.807, 2.05) is 0 Å². The zero-order chi connectivity index (χ0) is 19.7. The van der Waals surface area contributed by atoms with E-state index < -0.39 is 24.2 Å². The van der Waals surface area contributed by atoms with Crippen molar-refractivity contribution in [1.82, 2.24) is 20.1 Å². The van der Waals surface area contributed by atoms with Crippen LogP contribution >= 0.6 is 0 Å². The number of nitrogens with zero attached hydrogens (tertiary/aromatic N) is 3. The number of carbonyl (C=O) groups excluding carboxylic acids is 1. The smallest absolute Gasteiger partial charge is 0.410 e. The number of pyridine rings is 1. The first-order valence-corrected chi connectivity index (χ1v) is 8.56. The van der Waals surface area contributed by atoms with Crippen molar-refractivity contribution in [2.24, 2.45) is 0 Å². The van der Waals surface area contributed by atoms with Crippen molar-refractivity contribution in [3.63, 3.8) is 0 Å². The highest BCUT2D eigenvalue weighted by molar-refractivity contribution is 5.93. The van der Waals surface area contributed by atoms with E-state index >= 15 is 0 Å². The molecule has 3 aromatic rings. The van der Waals surface area contributed by atoms with E-state index in [1.165, 1.54) is 12.3 Å². The minimum absolute atomic E-state index is 0.104. The Hall–Kier alpha value is -3.30. The average molecular weight is 391 g/mol. The number of hydrogen-bond acceptors (Lipinski definition) is 5. The molecule has 1 aliphatic heterocycles. The fourth-order valence-corrected chi connectivity index (χ4v) is 3.12. The predicted molar refractivity (Wildman–Crippen MR) is 92.4 cm³/mol. The number of anilines is 1. The monoisotopic (exact) mass is 391 g/mol. The van der Waals surface area contributed by atoms with E-state index in [2.05, 4.69) is 20.7 Å². The molecule has 0 aliphatic carbocycles. The van der Waals surface area contributed by atoms with E-state index in [9.17, 15) is 18.0 Å². The number of rotatable bonds is 4. The molecular formula is C18H16F3N5O2. The number of nitrogens with one attached hydrogen (secondary N) is 2. The van der Waals surface area contributed by atoms with Gasteiger partial charge in [-0.3, -0.25) is 9.78 Å². The Bertz CT molecular complexity index is 954. The second-order valence-corrected chi connectivity index (χ2v) is 6.37. The summed E-state index contributed by atoms with van der Waals surface area (Å²) < 4.78 is 46.8. The Morgan fingerprint density at radius 2 is 2.18 bits per heavy atom. The Kier molecular flexibility index (Phi) is 4.54. The second kappa shape index (κ2) is 7.02. The van der Waals surface area contributed by atoms with E-state index in [0.717, 1.165) is 4.68 Å². The van der Waals surface area contributed by atoms with E-state index in [0.29, 0.717) is 11.5 Å². The number of alkyl halides is 3. The lowest BCUT2D eigenvalue weighted by Gasteiger charge is -2.32. The lowest BCUT2D eigenvalue weighted by atomic mass is 10.0. The molecule has 0 radical (unpaired) electrons. The largest absolute Gasteiger partial charge is 0.467 e. The van der Waals surface area contributed by atoms with E-state index in [4.69, 9.17) is 4.42 Å². The third-order valence-electron chi connectivity index (χ3n) is 4.47. The Labute approximate surface area is 157 Å². The maximum Gasteiger partial charge on any atom is 0.410 e. The molecule has 1 aliphatic rings. The summed E-state index contributed by atoms with van der Waals surface area (Å²) in [6, 6.07) is 7.24. The Balaban J connectivity index is 1.57. The van der Waals surface area contributed by atoms with Gasteiger partial charge in [0, 0.05) is 18.7 Å². The van der Waals surface area contributed by atoms with Gasteiger partial charge < -0.3 is 15.1 Å². The Morgan fingerprint density at radius 1 is 1.32 bits per heavy atom. The molecule has 4 rings (SSSR count). The van der Waals surface area contributed by atoms with Crippen LogP contribution in [0.5, 0.6) is 0 Å². The zero-order valence-electron chi connectivity index (χ0n) is 14.5. The molecule has 0 aromatic carbocycles. The molecule has 4 heterocycles. The molecule has 7 nitrogen and oxygen atoms in total. The molecule has 28 heavy (non-hydrogen) atoms. The molecule has 0 saturated carbocycles. The van der Waals surface area contributed by atoms with Gasteiger partial charge >= 0.3 is 6.18 Å². The summed E-state index contributed by atoms with van der Waals surface area (Å²) in [5.74, 6) is -0.0781. The highest BCUT2D eigenvalue weighted by Crippen LogP contribution is 2.43. The van der Waals surface area contributed by atoms with Crippen LogP contribution in [-0.2, 0) is 6.54 Å². The van der Waals surface area contributed by atoms with Gasteiger partial charge in [-0.25, -0.2) is 4.68 Å². The molecule has 0 saturated heterocycles. The topological polar surface area (TPSA) is 85.0 Å². The maximum absolute atomic E-state index is 13.6. The molecule has 0 bridgehead atoms. The van der Waals surface area contributed by atoms with Gasteiger partial charge in [0.1, 0.15) is 11.6 Å². The highest BCUT2D eigenvalue weighted by Gasteiger charge is 2.47. The van der Waals surface area contributed by atoms with Crippen LogP contribution in [-0.4, -0.2) is 26.8 Å². The summed E-state index contributed by atoms with van der Waals surface area (Å²) in [5.41, 5.74) is 0.525. The molecule has 0 fully saturated rings. The maximum atomic E-state index is 13.6. The van der Waals surface area contributed by atoms with Crippen molar-refractivity contribution < 1.29 is 22.4 Å². The van der Waals surface area contributed by atoms with Crippen LogP contribution in [0.4, 0.5) is 19.0 Å². The SMILES string of the molecule is O=C(NCc1ccccn1)c1cc2n(n1)[C@H](C(F)(F)F)C[C@H](c1ccco1)N2. The quantitative estimate of drug-likeness (QED) is 0.712. The third kappa shape index (κ3) is 3.57. The van der Waals surface area contributed by atoms with Crippen LogP contribution in [0.15, 0.2) is 53.3 Å².